The molecule has 0 aliphatic heterocycles. The summed E-state index contributed by atoms with van der Waals surface area (Å²) < 4.78 is 0. The van der Waals surface area contributed by atoms with Crippen molar-refractivity contribution in [3.05, 3.63) is 46.5 Å². The van der Waals surface area contributed by atoms with E-state index in [-0.39, 0.29) is 17.1 Å². The molecule has 0 spiro atoms. The van der Waals surface area contributed by atoms with Gasteiger partial charge in [0.15, 0.2) is 0 Å². The minimum absolute atomic E-state index is 0. The molecule has 0 heterocycles. The van der Waals surface area contributed by atoms with Gasteiger partial charge in [0.2, 0.25) is 0 Å². The summed E-state index contributed by atoms with van der Waals surface area (Å²) in [6.07, 6.45) is 24.9. The molecule has 23 heavy (non-hydrogen) atoms. The van der Waals surface area contributed by atoms with E-state index in [1.165, 1.54) is 64.2 Å². The average Bonchev–Trinajstić information content (AvgIpc) is 2.47. The molecule has 0 aliphatic carbocycles. The molecule has 0 aromatic rings. The summed E-state index contributed by atoms with van der Waals surface area (Å²) in [7, 11) is 0. The van der Waals surface area contributed by atoms with Gasteiger partial charge in [0.1, 0.15) is 0 Å². The van der Waals surface area contributed by atoms with Crippen LogP contribution in [0.5, 0.6) is 0 Å². The molecule has 139 valence electrons. The second kappa shape index (κ2) is 26.1. The standard InChI is InChI=1S/C18H33.Cu.NO3/c1-3-5-7-9-11-13-15-17-18-16-14-12-10-8-6-4-2;;2-1(3)4/h12,14,17-18H,1,3-11,13,15-16H2,2H3;;/q-1;+2;-1/b14-12-,18-17-;;. The maximum absolute atomic E-state index is 8.25. The van der Waals surface area contributed by atoms with Crippen molar-refractivity contribution in [3.63, 3.8) is 0 Å². The first kappa shape index (κ1) is 27.1. The predicted octanol–water partition coefficient (Wildman–Crippen LogP) is 6.39. The van der Waals surface area contributed by atoms with E-state index in [1.54, 1.807) is 0 Å². The van der Waals surface area contributed by atoms with Crippen molar-refractivity contribution in [2.75, 3.05) is 0 Å². The van der Waals surface area contributed by atoms with Gasteiger partial charge in [-0.05, 0) is 32.1 Å². The van der Waals surface area contributed by atoms with E-state index in [0.717, 1.165) is 12.8 Å². The average molecular weight is 375 g/mol. The van der Waals surface area contributed by atoms with Crippen LogP contribution >= 0.6 is 0 Å². The summed E-state index contributed by atoms with van der Waals surface area (Å²) in [6.45, 7) is 6.12. The molecule has 4 nitrogen and oxygen atoms in total. The Hall–Kier alpha value is -0.801. The van der Waals surface area contributed by atoms with Crippen LogP contribution in [0.25, 0.3) is 0 Å². The fourth-order valence-electron chi connectivity index (χ4n) is 1.99. The number of nitrogens with zero attached hydrogens (tertiary/aromatic N) is 1. The van der Waals surface area contributed by atoms with Crippen LogP contribution in [0.15, 0.2) is 24.3 Å². The van der Waals surface area contributed by atoms with Crippen LogP contribution in [0.1, 0.15) is 84.0 Å². The van der Waals surface area contributed by atoms with E-state index >= 15 is 0 Å². The molecule has 0 N–H and O–H groups in total. The Morgan fingerprint density at radius 3 is 1.74 bits per heavy atom. The number of hydrogen-bond acceptors (Lipinski definition) is 3. The van der Waals surface area contributed by atoms with Gasteiger partial charge in [-0.3, -0.25) is 0 Å². The third-order valence-corrected chi connectivity index (χ3v) is 3.20. The van der Waals surface area contributed by atoms with Gasteiger partial charge in [-0.15, -0.1) is 0 Å². The van der Waals surface area contributed by atoms with E-state index < -0.39 is 5.09 Å². The molecule has 0 saturated carbocycles. The first-order valence-corrected chi connectivity index (χ1v) is 8.55. The number of rotatable bonds is 13. The Labute approximate surface area is 153 Å². The first-order valence-electron chi connectivity index (χ1n) is 8.55. The molecular weight excluding hydrogens is 342 g/mol. The van der Waals surface area contributed by atoms with Crippen molar-refractivity contribution in [1.29, 1.82) is 0 Å². The quantitative estimate of drug-likeness (QED) is 0.0935. The van der Waals surface area contributed by atoms with Gasteiger partial charge in [0.25, 0.3) is 0 Å². The van der Waals surface area contributed by atoms with Gasteiger partial charge in [0, 0.05) is 0 Å². The topological polar surface area (TPSA) is 66.2 Å². The van der Waals surface area contributed by atoms with Gasteiger partial charge in [0.05, 0.1) is 5.09 Å². The Balaban J connectivity index is -0.000000712. The molecule has 0 amide bonds. The predicted molar refractivity (Wildman–Crippen MR) is 95.1 cm³/mol. The summed E-state index contributed by atoms with van der Waals surface area (Å²) in [5, 5.41) is 14.8. The van der Waals surface area contributed by atoms with Crippen LogP contribution in [0, 0.1) is 22.2 Å². The second-order valence-corrected chi connectivity index (χ2v) is 5.31. The molecule has 0 rings (SSSR count). The number of hydrogen-bond donors (Lipinski definition) is 0. The summed E-state index contributed by atoms with van der Waals surface area (Å²) in [4.78, 5) is 8.25. The molecular formula is C18H33CuNO3. The summed E-state index contributed by atoms with van der Waals surface area (Å²) in [5.74, 6) is 0. The fourth-order valence-corrected chi connectivity index (χ4v) is 1.99. The van der Waals surface area contributed by atoms with E-state index in [2.05, 4.69) is 38.2 Å². The van der Waals surface area contributed by atoms with Crippen molar-refractivity contribution in [3.8, 4) is 0 Å². The van der Waals surface area contributed by atoms with Crippen LogP contribution in [0.4, 0.5) is 0 Å². The molecule has 0 unspecified atom stereocenters. The molecule has 0 aliphatic rings. The Kier molecular flexibility index (Phi) is 30.7. The largest absolute Gasteiger partial charge is 2.00 e. The smallest absolute Gasteiger partial charge is 0.356 e. The zero-order chi connectivity index (χ0) is 16.9. The molecule has 0 aromatic carbocycles. The zero-order valence-corrected chi connectivity index (χ0v) is 15.4. The third-order valence-electron chi connectivity index (χ3n) is 3.20. The number of allylic oxidation sites excluding steroid dienone is 4. The van der Waals surface area contributed by atoms with Crippen molar-refractivity contribution in [2.45, 2.75) is 84.0 Å². The third kappa shape index (κ3) is 38.8. The van der Waals surface area contributed by atoms with Crippen molar-refractivity contribution in [1.82, 2.24) is 0 Å². The van der Waals surface area contributed by atoms with E-state index in [1.807, 2.05) is 0 Å². The molecule has 0 aromatic heterocycles. The minimum atomic E-state index is -1.75. The second-order valence-electron chi connectivity index (χ2n) is 5.31. The molecule has 5 heteroatoms. The maximum Gasteiger partial charge on any atom is 2.00 e. The van der Waals surface area contributed by atoms with Crippen LogP contribution < -0.4 is 0 Å². The van der Waals surface area contributed by atoms with Crippen LogP contribution in [0.2, 0.25) is 0 Å². The Bertz CT molecular complexity index is 277. The molecule has 0 saturated heterocycles. The summed E-state index contributed by atoms with van der Waals surface area (Å²) >= 11 is 0. The van der Waals surface area contributed by atoms with Crippen molar-refractivity contribution >= 4 is 0 Å². The molecule has 0 bridgehead atoms. The maximum atomic E-state index is 8.25. The molecule has 1 radical (unpaired) electrons. The zero-order valence-electron chi connectivity index (χ0n) is 14.5. The van der Waals surface area contributed by atoms with E-state index in [9.17, 15) is 0 Å². The van der Waals surface area contributed by atoms with Crippen molar-refractivity contribution in [2.24, 2.45) is 0 Å². The van der Waals surface area contributed by atoms with Gasteiger partial charge in [-0.2, -0.15) is 6.42 Å². The van der Waals surface area contributed by atoms with Crippen LogP contribution in [0.3, 0.4) is 0 Å². The first-order chi connectivity index (χ1) is 10.6. The van der Waals surface area contributed by atoms with Gasteiger partial charge < -0.3 is 22.2 Å². The summed E-state index contributed by atoms with van der Waals surface area (Å²) in [6, 6.07) is 0. The molecule has 0 atom stereocenters. The summed E-state index contributed by atoms with van der Waals surface area (Å²) in [5.41, 5.74) is 0. The van der Waals surface area contributed by atoms with E-state index in [0.29, 0.717) is 0 Å². The van der Waals surface area contributed by atoms with Gasteiger partial charge in [-0.25, -0.2) is 0 Å². The normalized spacial score (nSPS) is 10.3. The Morgan fingerprint density at radius 2 is 1.26 bits per heavy atom. The van der Waals surface area contributed by atoms with Crippen LogP contribution in [-0.4, -0.2) is 5.09 Å². The van der Waals surface area contributed by atoms with Crippen molar-refractivity contribution < 1.29 is 22.2 Å². The SMILES string of the molecule is O=[N+]([O-])[O-].[CH2-]CCCCCCC/C=C\C/C=C\CCCCC.[Cu+2]. The van der Waals surface area contributed by atoms with E-state index in [4.69, 9.17) is 15.3 Å². The Morgan fingerprint density at radius 1 is 0.826 bits per heavy atom. The van der Waals surface area contributed by atoms with Crippen LogP contribution in [-0.2, 0) is 17.1 Å². The van der Waals surface area contributed by atoms with Gasteiger partial charge >= 0.3 is 17.1 Å². The minimum Gasteiger partial charge on any atom is -0.356 e. The monoisotopic (exact) mass is 374 g/mol. The molecule has 0 fully saturated rings. The van der Waals surface area contributed by atoms with Gasteiger partial charge in [-0.1, -0.05) is 69.8 Å². The number of unbranched alkanes of at least 4 members (excludes halogenated alkanes) is 9. The fraction of sp³-hybridized carbons (Fsp3) is 0.722.